The number of anilines is 2. The van der Waals surface area contributed by atoms with Gasteiger partial charge in [0, 0.05) is 10.7 Å². The molecule has 0 radical (unpaired) electrons. The molecule has 1 amide bonds. The van der Waals surface area contributed by atoms with Gasteiger partial charge < -0.3 is 11.1 Å². The summed E-state index contributed by atoms with van der Waals surface area (Å²) in [5, 5.41) is 6.59. The summed E-state index contributed by atoms with van der Waals surface area (Å²) in [4.78, 5) is 16.3. The van der Waals surface area contributed by atoms with Crippen molar-refractivity contribution in [3.63, 3.8) is 0 Å². The maximum atomic E-state index is 13.8. The first-order valence-electron chi connectivity index (χ1n) is 6.57. The molecular formula is C15H11BrFN5O. The van der Waals surface area contributed by atoms with Crippen LogP contribution >= 0.6 is 15.9 Å². The monoisotopic (exact) mass is 375 g/mol. The molecule has 0 saturated carbocycles. The number of benzene rings is 1. The average Bonchev–Trinajstić information content (AvgIpc) is 2.92. The Labute approximate surface area is 139 Å². The molecule has 0 aliphatic heterocycles. The van der Waals surface area contributed by atoms with Gasteiger partial charge in [0.25, 0.3) is 5.91 Å². The number of carbonyl (C=O) groups excluding carboxylic acids is 1. The molecule has 0 bridgehead atoms. The highest BCUT2D eigenvalue weighted by Gasteiger charge is 2.18. The van der Waals surface area contributed by atoms with Crippen molar-refractivity contribution in [1.29, 1.82) is 0 Å². The number of hydrogen-bond donors (Lipinski definition) is 2. The van der Waals surface area contributed by atoms with Crippen molar-refractivity contribution in [2.24, 2.45) is 0 Å². The minimum Gasteiger partial charge on any atom is -0.383 e. The maximum Gasteiger partial charge on any atom is 0.262 e. The van der Waals surface area contributed by atoms with Crippen LogP contribution in [0.4, 0.5) is 16.0 Å². The number of nitrogens with one attached hydrogen (secondary N) is 1. The molecule has 6 nitrogen and oxygen atoms in total. The summed E-state index contributed by atoms with van der Waals surface area (Å²) < 4.78 is 15.8. The van der Waals surface area contributed by atoms with Crippen LogP contribution in [-0.4, -0.2) is 20.7 Å². The Hall–Kier alpha value is -2.74. The highest BCUT2D eigenvalue weighted by molar-refractivity contribution is 9.10. The zero-order valence-corrected chi connectivity index (χ0v) is 13.3. The van der Waals surface area contributed by atoms with Crippen LogP contribution in [0.1, 0.15) is 10.4 Å². The van der Waals surface area contributed by atoms with Crippen molar-refractivity contribution >= 4 is 33.5 Å². The minimum atomic E-state index is -0.483. The van der Waals surface area contributed by atoms with Crippen molar-refractivity contribution in [3.8, 4) is 5.69 Å². The number of para-hydroxylation sites is 1. The third-order valence-corrected chi connectivity index (χ3v) is 3.57. The Kier molecular flexibility index (Phi) is 4.07. The van der Waals surface area contributed by atoms with Crippen molar-refractivity contribution in [3.05, 3.63) is 64.6 Å². The molecule has 116 valence electrons. The van der Waals surface area contributed by atoms with Gasteiger partial charge in [-0.05, 0) is 40.2 Å². The molecule has 0 aliphatic rings. The van der Waals surface area contributed by atoms with Crippen molar-refractivity contribution in [1.82, 2.24) is 14.8 Å². The van der Waals surface area contributed by atoms with E-state index in [-0.39, 0.29) is 17.1 Å². The Morgan fingerprint density at radius 1 is 1.22 bits per heavy atom. The number of amides is 1. The SMILES string of the molecule is Nc1c(C(=O)Nc2ccc(Br)cn2)cnn1-c1ccccc1F. The van der Waals surface area contributed by atoms with Crippen LogP contribution < -0.4 is 11.1 Å². The molecule has 0 fully saturated rings. The van der Waals surface area contributed by atoms with Crippen LogP contribution in [0.15, 0.2) is 53.3 Å². The summed E-state index contributed by atoms with van der Waals surface area (Å²) in [6, 6.07) is 9.42. The van der Waals surface area contributed by atoms with Crippen molar-refractivity contribution in [2.45, 2.75) is 0 Å². The predicted molar refractivity (Wildman–Crippen MR) is 87.8 cm³/mol. The molecule has 2 heterocycles. The Morgan fingerprint density at radius 2 is 2.00 bits per heavy atom. The fourth-order valence-electron chi connectivity index (χ4n) is 1.98. The van der Waals surface area contributed by atoms with Gasteiger partial charge in [-0.3, -0.25) is 4.79 Å². The molecule has 3 aromatic rings. The van der Waals surface area contributed by atoms with Crippen molar-refractivity contribution < 1.29 is 9.18 Å². The van der Waals surface area contributed by atoms with E-state index in [9.17, 15) is 9.18 Å². The average molecular weight is 376 g/mol. The summed E-state index contributed by atoms with van der Waals surface area (Å²) in [6.45, 7) is 0. The van der Waals surface area contributed by atoms with Gasteiger partial charge in [-0.15, -0.1) is 0 Å². The molecule has 1 aromatic carbocycles. The second-order valence-electron chi connectivity index (χ2n) is 4.62. The first-order valence-corrected chi connectivity index (χ1v) is 7.37. The van der Waals surface area contributed by atoms with Crippen molar-refractivity contribution in [2.75, 3.05) is 11.1 Å². The fourth-order valence-corrected chi connectivity index (χ4v) is 2.22. The number of halogens is 2. The first-order chi connectivity index (χ1) is 11.1. The zero-order valence-electron chi connectivity index (χ0n) is 11.7. The lowest BCUT2D eigenvalue weighted by atomic mass is 10.3. The molecule has 3 N–H and O–H groups in total. The predicted octanol–water partition coefficient (Wildman–Crippen LogP) is 3.00. The van der Waals surface area contributed by atoms with Gasteiger partial charge in [0.1, 0.15) is 28.7 Å². The van der Waals surface area contributed by atoms with E-state index in [1.807, 2.05) is 0 Å². The lowest BCUT2D eigenvalue weighted by molar-refractivity contribution is 0.102. The molecular weight excluding hydrogens is 365 g/mol. The van der Waals surface area contributed by atoms with E-state index in [0.717, 1.165) is 4.47 Å². The summed E-state index contributed by atoms with van der Waals surface area (Å²) in [7, 11) is 0. The van der Waals surface area contributed by atoms with E-state index >= 15 is 0 Å². The van der Waals surface area contributed by atoms with Gasteiger partial charge in [0.2, 0.25) is 0 Å². The van der Waals surface area contributed by atoms with E-state index in [1.54, 1.807) is 30.5 Å². The molecule has 0 unspecified atom stereocenters. The van der Waals surface area contributed by atoms with Crippen LogP contribution in [0.25, 0.3) is 5.69 Å². The largest absolute Gasteiger partial charge is 0.383 e. The van der Waals surface area contributed by atoms with Gasteiger partial charge in [-0.2, -0.15) is 5.10 Å². The Bertz CT molecular complexity index is 863. The lowest BCUT2D eigenvalue weighted by Crippen LogP contribution is -2.15. The van der Waals surface area contributed by atoms with Gasteiger partial charge in [-0.1, -0.05) is 12.1 Å². The molecule has 8 heteroatoms. The van der Waals surface area contributed by atoms with Gasteiger partial charge in [-0.25, -0.2) is 14.1 Å². The quantitative estimate of drug-likeness (QED) is 0.736. The molecule has 0 saturated heterocycles. The van der Waals surface area contributed by atoms with E-state index in [0.29, 0.717) is 5.82 Å². The third-order valence-electron chi connectivity index (χ3n) is 3.10. The summed E-state index contributed by atoms with van der Waals surface area (Å²) >= 11 is 3.26. The summed E-state index contributed by atoms with van der Waals surface area (Å²) in [5.74, 6) is -0.537. The maximum absolute atomic E-state index is 13.8. The number of rotatable bonds is 3. The molecule has 0 spiro atoms. The number of hydrogen-bond acceptors (Lipinski definition) is 4. The van der Waals surface area contributed by atoms with Gasteiger partial charge >= 0.3 is 0 Å². The topological polar surface area (TPSA) is 85.8 Å². The number of nitrogens with two attached hydrogens (primary N) is 1. The molecule has 0 atom stereocenters. The second kappa shape index (κ2) is 6.17. The van der Waals surface area contributed by atoms with Crippen LogP contribution in [0.2, 0.25) is 0 Å². The molecule has 23 heavy (non-hydrogen) atoms. The Morgan fingerprint density at radius 3 is 2.70 bits per heavy atom. The van der Waals surface area contributed by atoms with Gasteiger partial charge in [0.05, 0.1) is 6.20 Å². The second-order valence-corrected chi connectivity index (χ2v) is 5.54. The van der Waals surface area contributed by atoms with E-state index in [4.69, 9.17) is 5.73 Å². The molecule has 0 aliphatic carbocycles. The minimum absolute atomic E-state index is 0.0460. The molecule has 3 rings (SSSR count). The summed E-state index contributed by atoms with van der Waals surface area (Å²) in [6.07, 6.45) is 2.84. The third kappa shape index (κ3) is 3.07. The number of pyridine rings is 1. The van der Waals surface area contributed by atoms with Crippen LogP contribution in [-0.2, 0) is 0 Å². The number of nitrogens with zero attached hydrogens (tertiary/aromatic N) is 3. The number of carbonyl (C=O) groups is 1. The highest BCUT2D eigenvalue weighted by atomic mass is 79.9. The fraction of sp³-hybridized carbons (Fsp3) is 0. The standard InChI is InChI=1S/C15H11BrFN5O/c16-9-5-6-13(19-7-9)21-15(23)10-8-20-22(14(10)18)12-4-2-1-3-11(12)17/h1-8H,18H2,(H,19,21,23). The lowest BCUT2D eigenvalue weighted by Gasteiger charge is -2.06. The van der Waals surface area contributed by atoms with E-state index in [1.165, 1.54) is 23.0 Å². The van der Waals surface area contributed by atoms with Gasteiger partial charge in [0.15, 0.2) is 0 Å². The van der Waals surface area contributed by atoms with E-state index < -0.39 is 11.7 Å². The highest BCUT2D eigenvalue weighted by Crippen LogP contribution is 2.20. The molecule has 2 aromatic heterocycles. The zero-order chi connectivity index (χ0) is 16.4. The van der Waals surface area contributed by atoms with Crippen LogP contribution in [0, 0.1) is 5.82 Å². The Balaban J connectivity index is 1.88. The smallest absolute Gasteiger partial charge is 0.262 e. The van der Waals surface area contributed by atoms with Crippen LogP contribution in [0.5, 0.6) is 0 Å². The number of aromatic nitrogens is 3. The first kappa shape index (κ1) is 15.2. The summed E-state index contributed by atoms with van der Waals surface area (Å²) in [5.41, 5.74) is 6.24. The van der Waals surface area contributed by atoms with Crippen LogP contribution in [0.3, 0.4) is 0 Å². The van der Waals surface area contributed by atoms with E-state index in [2.05, 4.69) is 31.3 Å². The number of nitrogen functional groups attached to an aromatic ring is 1. The normalized spacial score (nSPS) is 10.5.